The molecular formula is C18H20F3NO. The maximum Gasteiger partial charge on any atom is 0.399 e. The quantitative estimate of drug-likeness (QED) is 0.702. The van der Waals surface area contributed by atoms with E-state index in [-0.39, 0.29) is 11.5 Å². The van der Waals surface area contributed by atoms with E-state index in [1.807, 2.05) is 20.8 Å². The third-order valence-corrected chi connectivity index (χ3v) is 3.98. The summed E-state index contributed by atoms with van der Waals surface area (Å²) in [6.45, 7) is 7.70. The first-order valence-electron chi connectivity index (χ1n) is 7.37. The minimum atomic E-state index is -4.38. The van der Waals surface area contributed by atoms with Gasteiger partial charge in [-0.25, -0.2) is 0 Å². The van der Waals surface area contributed by atoms with Gasteiger partial charge >= 0.3 is 6.18 Å². The summed E-state index contributed by atoms with van der Waals surface area (Å²) in [6, 6.07) is 7.86. The van der Waals surface area contributed by atoms with Crippen LogP contribution < -0.4 is 0 Å². The summed E-state index contributed by atoms with van der Waals surface area (Å²) < 4.78 is 39.4. The van der Waals surface area contributed by atoms with Gasteiger partial charge in [-0.1, -0.05) is 26.8 Å². The molecule has 2 nitrogen and oxygen atoms in total. The van der Waals surface area contributed by atoms with Gasteiger partial charge in [-0.15, -0.1) is 0 Å². The molecule has 0 bridgehead atoms. The molecule has 0 radical (unpaired) electrons. The fourth-order valence-corrected chi connectivity index (χ4v) is 2.19. The SMILES string of the molecule is CC(C)(C)C(=O)c1ccc2nc(C(C)(C)C(F)(F)F)ccc2c1. The maximum atomic E-state index is 13.1. The lowest BCUT2D eigenvalue weighted by Crippen LogP contribution is -2.37. The van der Waals surface area contributed by atoms with Crippen molar-refractivity contribution in [3.05, 3.63) is 41.6 Å². The smallest absolute Gasteiger partial charge is 0.294 e. The van der Waals surface area contributed by atoms with Crippen LogP contribution in [0.2, 0.25) is 0 Å². The molecule has 5 heteroatoms. The monoisotopic (exact) mass is 323 g/mol. The van der Waals surface area contributed by atoms with Crippen molar-refractivity contribution >= 4 is 16.7 Å². The summed E-state index contributed by atoms with van der Waals surface area (Å²) >= 11 is 0. The number of nitrogens with zero attached hydrogens (tertiary/aromatic N) is 1. The van der Waals surface area contributed by atoms with Gasteiger partial charge in [-0.2, -0.15) is 13.2 Å². The predicted octanol–water partition coefficient (Wildman–Crippen LogP) is 5.30. The van der Waals surface area contributed by atoms with E-state index in [0.29, 0.717) is 16.5 Å². The van der Waals surface area contributed by atoms with Crippen LogP contribution in [0.25, 0.3) is 10.9 Å². The fraction of sp³-hybridized carbons (Fsp3) is 0.444. The molecule has 0 aliphatic carbocycles. The highest BCUT2D eigenvalue weighted by Crippen LogP contribution is 2.40. The molecule has 0 saturated heterocycles. The standard InChI is InChI=1S/C18H20F3NO/c1-16(2,3)15(23)12-6-8-13-11(10-12)7-9-14(22-13)17(4,5)18(19,20)21/h6-10H,1-5H3. The molecule has 0 atom stereocenters. The highest BCUT2D eigenvalue weighted by Gasteiger charge is 2.49. The Morgan fingerprint density at radius 1 is 0.957 bits per heavy atom. The van der Waals surface area contributed by atoms with Gasteiger partial charge in [-0.05, 0) is 38.1 Å². The first-order chi connectivity index (χ1) is 10.3. The van der Waals surface area contributed by atoms with Gasteiger partial charge in [0.05, 0.1) is 11.2 Å². The Morgan fingerprint density at radius 3 is 2.09 bits per heavy atom. The molecule has 0 N–H and O–H groups in total. The Hall–Kier alpha value is -1.91. The number of ketones is 1. The number of carbonyl (C=O) groups is 1. The number of hydrogen-bond donors (Lipinski definition) is 0. The Bertz CT molecular complexity index is 755. The van der Waals surface area contributed by atoms with Crippen molar-refractivity contribution in [1.29, 1.82) is 0 Å². The molecule has 2 aromatic rings. The predicted molar refractivity (Wildman–Crippen MR) is 84.6 cm³/mol. The van der Waals surface area contributed by atoms with E-state index < -0.39 is 17.0 Å². The van der Waals surface area contributed by atoms with Crippen LogP contribution in [0, 0.1) is 5.41 Å². The summed E-state index contributed by atoms with van der Waals surface area (Å²) in [7, 11) is 0. The Labute approximate surface area is 133 Å². The number of Topliss-reactive ketones (excluding diaryl/α,β-unsaturated/α-hetero) is 1. The number of halogens is 3. The normalized spacial score (nSPS) is 13.4. The molecule has 0 amide bonds. The molecule has 0 saturated carbocycles. The molecule has 124 valence electrons. The summed E-state index contributed by atoms with van der Waals surface area (Å²) in [5.41, 5.74) is -1.59. The molecule has 1 aromatic carbocycles. The Kier molecular flexibility index (Phi) is 4.04. The molecule has 2 rings (SSSR count). The number of aromatic nitrogens is 1. The number of fused-ring (bicyclic) bond motifs is 1. The molecule has 1 heterocycles. The van der Waals surface area contributed by atoms with E-state index in [1.165, 1.54) is 6.07 Å². The lowest BCUT2D eigenvalue weighted by molar-refractivity contribution is -0.181. The number of benzene rings is 1. The van der Waals surface area contributed by atoms with Crippen molar-refractivity contribution in [3.63, 3.8) is 0 Å². The molecule has 0 fully saturated rings. The number of pyridine rings is 1. The van der Waals surface area contributed by atoms with Crippen molar-refractivity contribution in [2.45, 2.75) is 46.2 Å². The van der Waals surface area contributed by atoms with Gasteiger partial charge in [0.1, 0.15) is 5.41 Å². The van der Waals surface area contributed by atoms with Crippen molar-refractivity contribution in [2.24, 2.45) is 5.41 Å². The number of alkyl halides is 3. The zero-order chi connectivity index (χ0) is 17.6. The summed E-state index contributed by atoms with van der Waals surface area (Å²) in [5.74, 6) is -0.0147. The average Bonchev–Trinajstić information content (AvgIpc) is 2.43. The van der Waals surface area contributed by atoms with Crippen LogP contribution >= 0.6 is 0 Å². The highest BCUT2D eigenvalue weighted by atomic mass is 19.4. The van der Waals surface area contributed by atoms with Crippen molar-refractivity contribution < 1.29 is 18.0 Å². The van der Waals surface area contributed by atoms with E-state index in [9.17, 15) is 18.0 Å². The maximum absolute atomic E-state index is 13.1. The lowest BCUT2D eigenvalue weighted by atomic mass is 9.85. The number of hydrogen-bond acceptors (Lipinski definition) is 2. The third-order valence-electron chi connectivity index (χ3n) is 3.98. The highest BCUT2D eigenvalue weighted by molar-refractivity contribution is 6.02. The zero-order valence-electron chi connectivity index (χ0n) is 13.9. The fourth-order valence-electron chi connectivity index (χ4n) is 2.19. The Morgan fingerprint density at radius 2 is 1.57 bits per heavy atom. The molecule has 23 heavy (non-hydrogen) atoms. The Balaban J connectivity index is 2.50. The van der Waals surface area contributed by atoms with Gasteiger partial charge in [0.25, 0.3) is 0 Å². The summed E-state index contributed by atoms with van der Waals surface area (Å²) in [6.07, 6.45) is -4.38. The summed E-state index contributed by atoms with van der Waals surface area (Å²) in [4.78, 5) is 16.4. The molecule has 1 aromatic heterocycles. The van der Waals surface area contributed by atoms with Crippen LogP contribution in [-0.2, 0) is 5.41 Å². The van der Waals surface area contributed by atoms with Crippen molar-refractivity contribution in [2.75, 3.05) is 0 Å². The third kappa shape index (κ3) is 3.23. The van der Waals surface area contributed by atoms with Gasteiger partial charge in [0, 0.05) is 16.4 Å². The van der Waals surface area contributed by atoms with Crippen molar-refractivity contribution in [1.82, 2.24) is 4.98 Å². The van der Waals surface area contributed by atoms with Crippen LogP contribution in [0.3, 0.4) is 0 Å². The van der Waals surface area contributed by atoms with Gasteiger partial charge in [0.15, 0.2) is 5.78 Å². The zero-order valence-corrected chi connectivity index (χ0v) is 13.9. The molecule has 0 spiro atoms. The largest absolute Gasteiger partial charge is 0.399 e. The van der Waals surface area contributed by atoms with Crippen LogP contribution in [0.4, 0.5) is 13.2 Å². The van der Waals surface area contributed by atoms with Gasteiger partial charge < -0.3 is 0 Å². The minimum Gasteiger partial charge on any atom is -0.294 e. The first kappa shape index (κ1) is 17.4. The summed E-state index contributed by atoms with van der Waals surface area (Å²) in [5, 5.41) is 0.654. The van der Waals surface area contributed by atoms with Crippen LogP contribution in [0.15, 0.2) is 30.3 Å². The van der Waals surface area contributed by atoms with E-state index in [0.717, 1.165) is 13.8 Å². The molecule has 0 aliphatic rings. The number of rotatable bonds is 2. The second-order valence-corrected chi connectivity index (χ2v) is 7.31. The van der Waals surface area contributed by atoms with Crippen molar-refractivity contribution in [3.8, 4) is 0 Å². The van der Waals surface area contributed by atoms with E-state index in [1.54, 1.807) is 24.3 Å². The van der Waals surface area contributed by atoms with E-state index in [4.69, 9.17) is 0 Å². The molecular weight excluding hydrogens is 303 g/mol. The van der Waals surface area contributed by atoms with Crippen LogP contribution in [0.1, 0.15) is 50.7 Å². The topological polar surface area (TPSA) is 30.0 Å². The molecule has 0 aliphatic heterocycles. The molecule has 0 unspecified atom stereocenters. The van der Waals surface area contributed by atoms with Gasteiger partial charge in [0.2, 0.25) is 0 Å². The minimum absolute atomic E-state index is 0.0147. The van der Waals surface area contributed by atoms with E-state index in [2.05, 4.69) is 4.98 Å². The average molecular weight is 323 g/mol. The lowest BCUT2D eigenvalue weighted by Gasteiger charge is -2.27. The number of carbonyl (C=O) groups excluding carboxylic acids is 1. The van der Waals surface area contributed by atoms with Crippen LogP contribution in [0.5, 0.6) is 0 Å². The second-order valence-electron chi connectivity index (χ2n) is 7.31. The first-order valence-corrected chi connectivity index (χ1v) is 7.37. The van der Waals surface area contributed by atoms with Gasteiger partial charge in [-0.3, -0.25) is 9.78 Å². The van der Waals surface area contributed by atoms with E-state index >= 15 is 0 Å². The van der Waals surface area contributed by atoms with Crippen LogP contribution in [-0.4, -0.2) is 16.9 Å². The second kappa shape index (κ2) is 5.32.